The van der Waals surface area contributed by atoms with Gasteiger partial charge in [0.15, 0.2) is 9.84 Å². The van der Waals surface area contributed by atoms with Crippen LogP contribution >= 0.6 is 11.6 Å². The first-order valence-electron chi connectivity index (χ1n) is 7.41. The quantitative estimate of drug-likeness (QED) is 0.803. The third-order valence-electron chi connectivity index (χ3n) is 3.96. The minimum Gasteiger partial charge on any atom is -0.465 e. The van der Waals surface area contributed by atoms with Crippen LogP contribution < -0.4 is 10.5 Å². The van der Waals surface area contributed by atoms with Crippen molar-refractivity contribution in [1.29, 1.82) is 0 Å². The van der Waals surface area contributed by atoms with Crippen molar-refractivity contribution in [3.63, 3.8) is 0 Å². The van der Waals surface area contributed by atoms with E-state index < -0.39 is 15.8 Å². The molecule has 0 amide bonds. The lowest BCUT2D eigenvalue weighted by molar-refractivity contribution is 0.0600. The molecule has 1 aliphatic rings. The number of sulfone groups is 1. The maximum absolute atomic E-state index is 12.9. The van der Waals surface area contributed by atoms with Gasteiger partial charge in [0.05, 0.1) is 23.4 Å². The zero-order valence-corrected chi connectivity index (χ0v) is 15.2. The Morgan fingerprint density at radius 1 is 1.28 bits per heavy atom. The van der Waals surface area contributed by atoms with Gasteiger partial charge < -0.3 is 15.2 Å². The van der Waals surface area contributed by atoms with Crippen LogP contribution in [0.3, 0.4) is 0 Å². The molecule has 1 heterocycles. The highest BCUT2D eigenvalue weighted by Crippen LogP contribution is 2.43. The monoisotopic (exact) mass is 381 g/mol. The molecule has 0 aliphatic carbocycles. The molecule has 6 nitrogen and oxygen atoms in total. The zero-order valence-electron chi connectivity index (χ0n) is 13.6. The number of esters is 1. The van der Waals surface area contributed by atoms with Crippen LogP contribution in [-0.4, -0.2) is 21.5 Å². The number of carbonyl (C=O) groups is 1. The minimum atomic E-state index is -3.75. The molecule has 8 heteroatoms. The number of aryl methyl sites for hydroxylation is 1. The van der Waals surface area contributed by atoms with Crippen molar-refractivity contribution in [2.75, 3.05) is 7.11 Å². The Hall–Kier alpha value is -2.09. The minimum absolute atomic E-state index is 0.0607. The average Bonchev–Trinajstić information content (AvgIpc) is 2.68. The predicted octanol–water partition coefficient (Wildman–Crippen LogP) is 2.97. The molecule has 0 aromatic heterocycles. The Morgan fingerprint density at radius 2 is 2.00 bits per heavy atom. The smallest absolute Gasteiger partial charge is 0.337 e. The summed E-state index contributed by atoms with van der Waals surface area (Å²) in [5.41, 5.74) is 7.42. The second-order valence-electron chi connectivity index (χ2n) is 5.74. The first-order chi connectivity index (χ1) is 11.8. The molecular formula is C17H16ClNO5S. The van der Waals surface area contributed by atoms with Crippen LogP contribution in [0.4, 0.5) is 0 Å². The molecule has 25 heavy (non-hydrogen) atoms. The summed E-state index contributed by atoms with van der Waals surface area (Å²) in [5, 5.41) is 0.289. The molecule has 2 aromatic rings. The van der Waals surface area contributed by atoms with E-state index in [4.69, 9.17) is 22.1 Å². The lowest BCUT2D eigenvalue weighted by Crippen LogP contribution is -2.08. The largest absolute Gasteiger partial charge is 0.465 e. The molecule has 0 saturated carbocycles. The summed E-state index contributed by atoms with van der Waals surface area (Å²) >= 11 is 6.27. The highest BCUT2D eigenvalue weighted by Gasteiger charge is 2.31. The van der Waals surface area contributed by atoms with Crippen molar-refractivity contribution in [2.24, 2.45) is 5.73 Å². The van der Waals surface area contributed by atoms with Crippen molar-refractivity contribution in [3.05, 3.63) is 51.5 Å². The van der Waals surface area contributed by atoms with E-state index in [0.717, 1.165) is 0 Å². The second-order valence-corrected chi connectivity index (χ2v) is 8.11. The summed E-state index contributed by atoms with van der Waals surface area (Å²) in [6.45, 7) is 1.89. The average molecular weight is 382 g/mol. The summed E-state index contributed by atoms with van der Waals surface area (Å²) in [7, 11) is -2.52. The number of benzene rings is 2. The number of rotatable bonds is 2. The number of nitrogens with two attached hydrogens (primary N) is 1. The van der Waals surface area contributed by atoms with E-state index in [9.17, 15) is 13.2 Å². The van der Waals surface area contributed by atoms with Gasteiger partial charge in [0.25, 0.3) is 0 Å². The summed E-state index contributed by atoms with van der Waals surface area (Å²) in [6.07, 6.45) is 0. The number of ether oxygens (including phenoxy) is 2. The van der Waals surface area contributed by atoms with Crippen molar-refractivity contribution in [1.82, 2.24) is 0 Å². The maximum Gasteiger partial charge on any atom is 0.337 e. The number of carbonyl (C=O) groups excluding carboxylic acids is 1. The van der Waals surface area contributed by atoms with E-state index in [1.807, 2.05) is 0 Å². The molecular weight excluding hydrogens is 366 g/mol. The predicted molar refractivity (Wildman–Crippen MR) is 92.8 cm³/mol. The first-order valence-corrected chi connectivity index (χ1v) is 9.44. The molecule has 0 radical (unpaired) electrons. The Balaban J connectivity index is 2.26. The fraction of sp³-hybridized carbons (Fsp3) is 0.235. The Morgan fingerprint density at radius 3 is 2.64 bits per heavy atom. The van der Waals surface area contributed by atoms with Crippen molar-refractivity contribution in [3.8, 4) is 11.5 Å². The van der Waals surface area contributed by atoms with Gasteiger partial charge in [-0.2, -0.15) is 0 Å². The molecule has 0 saturated heterocycles. The van der Waals surface area contributed by atoms with Gasteiger partial charge in [-0.15, -0.1) is 0 Å². The molecule has 3 rings (SSSR count). The van der Waals surface area contributed by atoms with Crippen LogP contribution in [0.5, 0.6) is 11.5 Å². The molecule has 0 bridgehead atoms. The number of fused-ring (bicyclic) bond motifs is 2. The van der Waals surface area contributed by atoms with Gasteiger partial charge in [-0.05, 0) is 42.3 Å². The van der Waals surface area contributed by atoms with Gasteiger partial charge in [0.1, 0.15) is 16.4 Å². The highest BCUT2D eigenvalue weighted by molar-refractivity contribution is 7.90. The molecule has 0 unspecified atom stereocenters. The van der Waals surface area contributed by atoms with Crippen LogP contribution in [0, 0.1) is 6.92 Å². The van der Waals surface area contributed by atoms with E-state index in [1.165, 1.54) is 19.2 Å². The van der Waals surface area contributed by atoms with Gasteiger partial charge in [0, 0.05) is 12.1 Å². The molecule has 132 valence electrons. The Bertz CT molecular complexity index is 985. The van der Waals surface area contributed by atoms with Gasteiger partial charge in [0.2, 0.25) is 0 Å². The Labute approximate surface area is 150 Å². The van der Waals surface area contributed by atoms with E-state index in [2.05, 4.69) is 4.74 Å². The standard InChI is InChI=1S/C17H16ClNO5S/c1-9-3-11(17(20)23-2)6-14-15(9)24-16-12(8-25(14,21)22)4-10(7-19)5-13(16)18/h3-6H,7-8,19H2,1-2H3. The summed E-state index contributed by atoms with van der Waals surface area (Å²) in [5.74, 6) is -0.470. The summed E-state index contributed by atoms with van der Waals surface area (Å²) in [4.78, 5) is 11.8. The van der Waals surface area contributed by atoms with Crippen molar-refractivity contribution < 1.29 is 22.7 Å². The highest BCUT2D eigenvalue weighted by atomic mass is 35.5. The Kier molecular flexibility index (Phi) is 4.49. The van der Waals surface area contributed by atoms with Crippen LogP contribution in [0.25, 0.3) is 0 Å². The fourth-order valence-corrected chi connectivity index (χ4v) is 4.65. The molecule has 1 aliphatic heterocycles. The fourth-order valence-electron chi connectivity index (χ4n) is 2.78. The summed E-state index contributed by atoms with van der Waals surface area (Å²) in [6, 6.07) is 6.11. The molecule has 2 N–H and O–H groups in total. The van der Waals surface area contributed by atoms with Crippen LogP contribution in [0.15, 0.2) is 29.2 Å². The van der Waals surface area contributed by atoms with Gasteiger partial charge in [-0.1, -0.05) is 11.6 Å². The first kappa shape index (κ1) is 17.7. The van der Waals surface area contributed by atoms with E-state index >= 15 is 0 Å². The number of hydrogen-bond donors (Lipinski definition) is 1. The van der Waals surface area contributed by atoms with E-state index in [-0.39, 0.29) is 39.3 Å². The third kappa shape index (κ3) is 3.10. The van der Waals surface area contributed by atoms with E-state index in [0.29, 0.717) is 16.7 Å². The second kappa shape index (κ2) is 6.33. The molecule has 0 atom stereocenters. The van der Waals surface area contributed by atoms with Crippen LogP contribution in [0.2, 0.25) is 5.02 Å². The van der Waals surface area contributed by atoms with Crippen LogP contribution in [0.1, 0.15) is 27.0 Å². The van der Waals surface area contributed by atoms with Crippen molar-refractivity contribution in [2.45, 2.75) is 24.1 Å². The van der Waals surface area contributed by atoms with Gasteiger partial charge in [-0.25, -0.2) is 13.2 Å². The maximum atomic E-state index is 12.9. The third-order valence-corrected chi connectivity index (χ3v) is 5.91. The van der Waals surface area contributed by atoms with E-state index in [1.54, 1.807) is 19.1 Å². The number of halogens is 1. The number of methoxy groups -OCH3 is 1. The summed E-state index contributed by atoms with van der Waals surface area (Å²) < 4.78 is 36.3. The normalized spacial score (nSPS) is 14.7. The zero-order chi connectivity index (χ0) is 18.4. The van der Waals surface area contributed by atoms with Crippen LogP contribution in [-0.2, 0) is 26.9 Å². The topological polar surface area (TPSA) is 95.7 Å². The number of hydrogen-bond acceptors (Lipinski definition) is 6. The molecule has 0 fully saturated rings. The molecule has 2 aromatic carbocycles. The van der Waals surface area contributed by atoms with Crippen molar-refractivity contribution >= 4 is 27.4 Å². The SMILES string of the molecule is COC(=O)c1cc(C)c2c(c1)S(=O)(=O)Cc1cc(CN)cc(Cl)c1O2. The van der Waals surface area contributed by atoms with Gasteiger partial charge >= 0.3 is 5.97 Å². The lowest BCUT2D eigenvalue weighted by atomic mass is 10.1. The van der Waals surface area contributed by atoms with Gasteiger partial charge in [-0.3, -0.25) is 0 Å². The lowest BCUT2D eigenvalue weighted by Gasteiger charge is -2.14. The molecule has 0 spiro atoms.